The molecule has 0 atom stereocenters. The van der Waals surface area contributed by atoms with E-state index < -0.39 is 4.92 Å². The van der Waals surface area contributed by atoms with Crippen molar-refractivity contribution in [2.45, 2.75) is 0 Å². The number of rotatable bonds is 2. The topological polar surface area (TPSA) is 56.0 Å². The summed E-state index contributed by atoms with van der Waals surface area (Å²) in [7, 11) is 0. The van der Waals surface area contributed by atoms with Gasteiger partial charge in [0.25, 0.3) is 0 Å². The van der Waals surface area contributed by atoms with Gasteiger partial charge in [0.2, 0.25) is 6.20 Å². The maximum absolute atomic E-state index is 10.2. The van der Waals surface area contributed by atoms with Gasteiger partial charge in [-0.15, -0.1) is 0 Å². The smallest absolute Gasteiger partial charge is 0.235 e. The summed E-state index contributed by atoms with van der Waals surface area (Å²) in [4.78, 5) is 13.9. The fourth-order valence-electron chi connectivity index (χ4n) is 1.40. The maximum atomic E-state index is 10.2. The first kappa shape index (κ1) is 9.33. The number of pyridine rings is 1. The first-order chi connectivity index (χ1) is 7.27. The van der Waals surface area contributed by atoms with Crippen LogP contribution in [0.2, 0.25) is 0 Å². The molecule has 74 valence electrons. The second-order valence-electron chi connectivity index (χ2n) is 3.02. The molecule has 1 heterocycles. The molecule has 0 aliphatic rings. The molecule has 0 radical (unpaired) electrons. The van der Waals surface area contributed by atoms with Gasteiger partial charge in [-0.25, -0.2) is 0 Å². The van der Waals surface area contributed by atoms with Gasteiger partial charge >= 0.3 is 0 Å². The monoisotopic (exact) mass is 200 g/mol. The van der Waals surface area contributed by atoms with E-state index in [1.54, 1.807) is 12.3 Å². The molecular formula is C11H8N2O2. The van der Waals surface area contributed by atoms with Crippen LogP contribution < -0.4 is 0 Å². The molecule has 0 unspecified atom stereocenters. The lowest BCUT2D eigenvalue weighted by Gasteiger charge is -1.98. The molecule has 0 aliphatic heterocycles. The van der Waals surface area contributed by atoms with Gasteiger partial charge in [-0.05, 0) is 6.07 Å². The Bertz CT molecular complexity index is 530. The van der Waals surface area contributed by atoms with E-state index in [4.69, 9.17) is 0 Å². The normalized spacial score (nSPS) is 10.9. The van der Waals surface area contributed by atoms with E-state index in [0.717, 1.165) is 22.7 Å². The second-order valence-corrected chi connectivity index (χ2v) is 3.02. The molecule has 0 N–H and O–H groups in total. The van der Waals surface area contributed by atoms with Crippen LogP contribution in [0.4, 0.5) is 0 Å². The maximum Gasteiger partial charge on any atom is 0.235 e. The van der Waals surface area contributed by atoms with Gasteiger partial charge in [-0.2, -0.15) is 0 Å². The quantitative estimate of drug-likeness (QED) is 0.552. The third kappa shape index (κ3) is 1.99. The van der Waals surface area contributed by atoms with E-state index >= 15 is 0 Å². The van der Waals surface area contributed by atoms with Crippen molar-refractivity contribution < 1.29 is 4.92 Å². The number of aromatic nitrogens is 1. The van der Waals surface area contributed by atoms with Crippen LogP contribution in [0, 0.1) is 10.1 Å². The molecule has 2 rings (SSSR count). The Hall–Kier alpha value is -2.23. The van der Waals surface area contributed by atoms with Crippen molar-refractivity contribution in [1.29, 1.82) is 0 Å². The largest absolute Gasteiger partial charge is 0.259 e. The van der Waals surface area contributed by atoms with Gasteiger partial charge in [0.1, 0.15) is 0 Å². The van der Waals surface area contributed by atoms with Crippen molar-refractivity contribution in [3.05, 3.63) is 58.4 Å². The van der Waals surface area contributed by atoms with Gasteiger partial charge < -0.3 is 0 Å². The Morgan fingerprint density at radius 2 is 2.07 bits per heavy atom. The van der Waals surface area contributed by atoms with Crippen LogP contribution >= 0.6 is 0 Å². The van der Waals surface area contributed by atoms with Gasteiger partial charge in [-0.3, -0.25) is 15.1 Å². The van der Waals surface area contributed by atoms with Crippen LogP contribution in [-0.4, -0.2) is 9.91 Å². The SMILES string of the molecule is O=[N+]([O-])C=Cc1cccc2cccnc12. The van der Waals surface area contributed by atoms with E-state index in [9.17, 15) is 10.1 Å². The first-order valence-corrected chi connectivity index (χ1v) is 4.43. The van der Waals surface area contributed by atoms with E-state index in [-0.39, 0.29) is 0 Å². The van der Waals surface area contributed by atoms with Crippen LogP contribution in [0.15, 0.2) is 42.7 Å². The van der Waals surface area contributed by atoms with E-state index in [1.165, 1.54) is 6.08 Å². The van der Waals surface area contributed by atoms with Crippen molar-refractivity contribution in [2.24, 2.45) is 0 Å². The Morgan fingerprint density at radius 3 is 2.87 bits per heavy atom. The predicted octanol–water partition coefficient (Wildman–Crippen LogP) is 2.48. The molecule has 0 bridgehead atoms. The van der Waals surface area contributed by atoms with Crippen molar-refractivity contribution in [3.8, 4) is 0 Å². The van der Waals surface area contributed by atoms with Crippen molar-refractivity contribution in [2.75, 3.05) is 0 Å². The minimum absolute atomic E-state index is 0.484. The molecule has 0 spiro atoms. The lowest BCUT2D eigenvalue weighted by molar-refractivity contribution is -0.400. The third-order valence-corrected chi connectivity index (χ3v) is 2.04. The fraction of sp³-hybridized carbons (Fsp3) is 0. The highest BCUT2D eigenvalue weighted by atomic mass is 16.6. The van der Waals surface area contributed by atoms with Crippen LogP contribution in [0.3, 0.4) is 0 Å². The standard InChI is InChI=1S/C11H8N2O2/c14-13(15)8-6-10-4-1-3-9-5-2-7-12-11(9)10/h1-8H. The molecule has 4 heteroatoms. The van der Waals surface area contributed by atoms with Gasteiger partial charge in [0.05, 0.1) is 10.4 Å². The molecule has 1 aromatic carbocycles. The van der Waals surface area contributed by atoms with E-state index in [0.29, 0.717) is 0 Å². The van der Waals surface area contributed by atoms with Gasteiger partial charge in [-0.1, -0.05) is 24.3 Å². The summed E-state index contributed by atoms with van der Waals surface area (Å²) in [6.07, 6.45) is 4.05. The Labute approximate surface area is 86.0 Å². The lowest BCUT2D eigenvalue weighted by atomic mass is 10.1. The zero-order valence-corrected chi connectivity index (χ0v) is 7.83. The van der Waals surface area contributed by atoms with Crippen LogP contribution in [0.1, 0.15) is 5.56 Å². The minimum Gasteiger partial charge on any atom is -0.259 e. The molecule has 0 saturated carbocycles. The highest BCUT2D eigenvalue weighted by Gasteiger charge is 1.98. The molecule has 0 saturated heterocycles. The summed E-state index contributed by atoms with van der Waals surface area (Å²) in [5.74, 6) is 0. The van der Waals surface area contributed by atoms with Crippen molar-refractivity contribution >= 4 is 17.0 Å². The minimum atomic E-state index is -0.484. The summed E-state index contributed by atoms with van der Waals surface area (Å²) in [5, 5.41) is 11.2. The molecule has 0 fully saturated rings. The number of hydrogen-bond acceptors (Lipinski definition) is 3. The van der Waals surface area contributed by atoms with Crippen LogP contribution in [-0.2, 0) is 0 Å². The Balaban J connectivity index is 2.56. The summed E-state index contributed by atoms with van der Waals surface area (Å²) in [5.41, 5.74) is 1.53. The summed E-state index contributed by atoms with van der Waals surface area (Å²) >= 11 is 0. The summed E-state index contributed by atoms with van der Waals surface area (Å²) < 4.78 is 0. The predicted molar refractivity (Wildman–Crippen MR) is 57.8 cm³/mol. The van der Waals surface area contributed by atoms with Crippen molar-refractivity contribution in [3.63, 3.8) is 0 Å². The number of nitrogens with zero attached hydrogens (tertiary/aromatic N) is 2. The van der Waals surface area contributed by atoms with E-state index in [1.807, 2.05) is 24.3 Å². The zero-order chi connectivity index (χ0) is 10.7. The molecular weight excluding hydrogens is 192 g/mol. The zero-order valence-electron chi connectivity index (χ0n) is 7.83. The highest BCUT2D eigenvalue weighted by molar-refractivity contribution is 5.86. The van der Waals surface area contributed by atoms with Gasteiger partial charge in [0.15, 0.2) is 0 Å². The number of fused-ring (bicyclic) bond motifs is 1. The fourth-order valence-corrected chi connectivity index (χ4v) is 1.40. The van der Waals surface area contributed by atoms with E-state index in [2.05, 4.69) is 4.98 Å². The lowest BCUT2D eigenvalue weighted by Crippen LogP contribution is -1.85. The number of nitro groups is 1. The average Bonchev–Trinajstić information content (AvgIpc) is 2.26. The first-order valence-electron chi connectivity index (χ1n) is 4.43. The Kier molecular flexibility index (Phi) is 2.41. The van der Waals surface area contributed by atoms with Crippen molar-refractivity contribution in [1.82, 2.24) is 4.98 Å². The molecule has 0 amide bonds. The molecule has 1 aromatic heterocycles. The molecule has 15 heavy (non-hydrogen) atoms. The highest BCUT2D eigenvalue weighted by Crippen LogP contribution is 2.16. The van der Waals surface area contributed by atoms with Gasteiger partial charge in [0, 0.05) is 23.2 Å². The summed E-state index contributed by atoms with van der Waals surface area (Å²) in [6, 6.07) is 9.33. The number of benzene rings is 1. The number of para-hydroxylation sites is 1. The Morgan fingerprint density at radius 1 is 1.27 bits per heavy atom. The molecule has 2 aromatic rings. The molecule has 0 aliphatic carbocycles. The van der Waals surface area contributed by atoms with Crippen LogP contribution in [0.25, 0.3) is 17.0 Å². The number of hydrogen-bond donors (Lipinski definition) is 0. The summed E-state index contributed by atoms with van der Waals surface area (Å²) in [6.45, 7) is 0. The third-order valence-electron chi connectivity index (χ3n) is 2.04. The second kappa shape index (κ2) is 3.88. The molecule has 4 nitrogen and oxygen atoms in total. The average molecular weight is 200 g/mol. The van der Waals surface area contributed by atoms with Crippen LogP contribution in [0.5, 0.6) is 0 Å².